The maximum atomic E-state index is 11.7. The van der Waals surface area contributed by atoms with Gasteiger partial charge in [0, 0.05) is 12.6 Å². The highest BCUT2D eigenvalue weighted by molar-refractivity contribution is 5.69. The van der Waals surface area contributed by atoms with E-state index in [0.29, 0.717) is 36.3 Å². The second-order valence-electron chi connectivity index (χ2n) is 8.08. The predicted molar refractivity (Wildman–Crippen MR) is 121 cm³/mol. The summed E-state index contributed by atoms with van der Waals surface area (Å²) in [4.78, 5) is 19.7. The molecule has 0 radical (unpaired) electrons. The van der Waals surface area contributed by atoms with Gasteiger partial charge in [0.15, 0.2) is 17.3 Å². The number of alkyl carbamates (subject to hydrolysis) is 1. The van der Waals surface area contributed by atoms with Crippen molar-refractivity contribution in [2.45, 2.75) is 39.2 Å². The van der Waals surface area contributed by atoms with Crippen LogP contribution in [0.2, 0.25) is 0 Å². The highest BCUT2D eigenvalue weighted by Gasteiger charge is 2.15. The van der Waals surface area contributed by atoms with Crippen molar-refractivity contribution in [1.82, 2.24) is 20.4 Å². The molecule has 0 aliphatic heterocycles. The van der Waals surface area contributed by atoms with Crippen molar-refractivity contribution >= 4 is 17.7 Å². The number of unbranched alkanes of at least 4 members (excludes halogenated alkanes) is 1. The van der Waals surface area contributed by atoms with Crippen LogP contribution in [0.15, 0.2) is 47.2 Å². The van der Waals surface area contributed by atoms with E-state index in [1.54, 1.807) is 6.07 Å². The van der Waals surface area contributed by atoms with Crippen molar-refractivity contribution in [2.24, 2.45) is 0 Å². The van der Waals surface area contributed by atoms with Crippen molar-refractivity contribution in [3.05, 3.63) is 48.4 Å². The summed E-state index contributed by atoms with van der Waals surface area (Å²) in [5.74, 6) is 2.09. The summed E-state index contributed by atoms with van der Waals surface area (Å²) in [5.41, 5.74) is 0.478. The van der Waals surface area contributed by atoms with Gasteiger partial charge in [-0.25, -0.2) is 14.8 Å². The van der Waals surface area contributed by atoms with Crippen LogP contribution in [0.1, 0.15) is 39.3 Å². The topological polar surface area (TPSA) is 135 Å². The zero-order chi connectivity index (χ0) is 23.7. The van der Waals surface area contributed by atoms with E-state index in [9.17, 15) is 4.79 Å². The standard InChI is InChI=1S/C23H26N6O4/c1-23(2,3)32-22(30)25-10-6-7-11-31-18-9-5-4-8-17(18)19-12-20(29-33-19)28-21-15-26-16(13-24)14-27-21/h4-5,8-9,12,14-15H,6-7,10-11H2,1-3H3,(H,25,30)(H,27,28,29). The molecule has 0 spiro atoms. The highest BCUT2D eigenvalue weighted by atomic mass is 16.6. The Morgan fingerprint density at radius 1 is 1.15 bits per heavy atom. The lowest BCUT2D eigenvalue weighted by Crippen LogP contribution is -2.33. The number of rotatable bonds is 9. The molecule has 0 saturated carbocycles. The van der Waals surface area contributed by atoms with Crippen LogP contribution >= 0.6 is 0 Å². The number of hydrogen-bond acceptors (Lipinski definition) is 9. The Hall–Kier alpha value is -4.13. The number of nitrogens with one attached hydrogen (secondary N) is 2. The number of amides is 1. The van der Waals surface area contributed by atoms with Crippen molar-refractivity contribution in [3.8, 4) is 23.1 Å². The fourth-order valence-corrected chi connectivity index (χ4v) is 2.75. The molecule has 10 heteroatoms. The van der Waals surface area contributed by atoms with E-state index in [0.717, 1.165) is 18.4 Å². The van der Waals surface area contributed by atoms with Gasteiger partial charge < -0.3 is 24.6 Å². The molecule has 0 fully saturated rings. The van der Waals surface area contributed by atoms with Crippen molar-refractivity contribution in [2.75, 3.05) is 18.5 Å². The highest BCUT2D eigenvalue weighted by Crippen LogP contribution is 2.32. The third-order valence-corrected chi connectivity index (χ3v) is 4.18. The molecule has 33 heavy (non-hydrogen) atoms. The molecule has 1 aromatic carbocycles. The number of benzene rings is 1. The van der Waals surface area contributed by atoms with E-state index in [1.165, 1.54) is 12.4 Å². The van der Waals surface area contributed by atoms with Crippen LogP contribution in [0.4, 0.5) is 16.4 Å². The van der Waals surface area contributed by atoms with Gasteiger partial charge in [0.05, 0.1) is 24.6 Å². The first-order valence-corrected chi connectivity index (χ1v) is 10.5. The average molecular weight is 450 g/mol. The number of nitriles is 1. The summed E-state index contributed by atoms with van der Waals surface area (Å²) < 4.78 is 16.6. The Morgan fingerprint density at radius 3 is 2.70 bits per heavy atom. The van der Waals surface area contributed by atoms with E-state index in [-0.39, 0.29) is 5.69 Å². The zero-order valence-electron chi connectivity index (χ0n) is 18.8. The van der Waals surface area contributed by atoms with Gasteiger partial charge in [-0.1, -0.05) is 17.3 Å². The Bertz CT molecular complexity index is 1100. The van der Waals surface area contributed by atoms with Crippen LogP contribution in [0.3, 0.4) is 0 Å². The molecule has 3 aromatic rings. The molecule has 10 nitrogen and oxygen atoms in total. The van der Waals surface area contributed by atoms with Gasteiger partial charge in [-0.3, -0.25) is 0 Å². The minimum absolute atomic E-state index is 0.230. The molecular formula is C23H26N6O4. The number of hydrogen-bond donors (Lipinski definition) is 2. The SMILES string of the molecule is CC(C)(C)OC(=O)NCCCCOc1ccccc1-c1cc(Nc2cnc(C#N)cn2)no1. The van der Waals surface area contributed by atoms with Gasteiger partial charge in [0.2, 0.25) is 0 Å². The predicted octanol–water partition coefficient (Wildman–Crippen LogP) is 4.43. The Kier molecular flexibility index (Phi) is 7.81. The molecule has 0 unspecified atom stereocenters. The zero-order valence-corrected chi connectivity index (χ0v) is 18.8. The summed E-state index contributed by atoms with van der Waals surface area (Å²) in [5, 5.41) is 18.5. The minimum atomic E-state index is -0.511. The van der Waals surface area contributed by atoms with E-state index < -0.39 is 11.7 Å². The van der Waals surface area contributed by atoms with Gasteiger partial charge in [-0.2, -0.15) is 5.26 Å². The number of ether oxygens (including phenoxy) is 2. The van der Waals surface area contributed by atoms with Gasteiger partial charge in [0.1, 0.15) is 23.2 Å². The number of anilines is 2. The summed E-state index contributed by atoms with van der Waals surface area (Å²) >= 11 is 0. The fraction of sp³-hybridized carbons (Fsp3) is 0.348. The number of aromatic nitrogens is 3. The van der Waals surface area contributed by atoms with E-state index in [2.05, 4.69) is 25.8 Å². The van der Waals surface area contributed by atoms with Gasteiger partial charge in [0.25, 0.3) is 0 Å². The third-order valence-electron chi connectivity index (χ3n) is 4.18. The Labute approximate surface area is 191 Å². The Balaban J connectivity index is 1.50. The van der Waals surface area contributed by atoms with Crippen LogP contribution in [0.25, 0.3) is 11.3 Å². The van der Waals surface area contributed by atoms with Crippen molar-refractivity contribution in [3.63, 3.8) is 0 Å². The van der Waals surface area contributed by atoms with Crippen LogP contribution in [-0.2, 0) is 4.74 Å². The summed E-state index contributed by atoms with van der Waals surface area (Å²) in [7, 11) is 0. The molecule has 172 valence electrons. The maximum absolute atomic E-state index is 11.7. The van der Waals surface area contributed by atoms with Crippen LogP contribution in [-0.4, -0.2) is 40.0 Å². The van der Waals surface area contributed by atoms with Crippen LogP contribution in [0, 0.1) is 11.3 Å². The van der Waals surface area contributed by atoms with Gasteiger partial charge in [-0.15, -0.1) is 0 Å². The summed E-state index contributed by atoms with van der Waals surface area (Å²) in [6.45, 7) is 6.47. The van der Waals surface area contributed by atoms with Crippen molar-refractivity contribution < 1.29 is 18.8 Å². The molecule has 0 bridgehead atoms. The number of para-hydroxylation sites is 1. The molecule has 2 N–H and O–H groups in total. The third kappa shape index (κ3) is 7.50. The normalized spacial score (nSPS) is 10.8. The lowest BCUT2D eigenvalue weighted by Gasteiger charge is -2.19. The first kappa shape index (κ1) is 23.5. The fourth-order valence-electron chi connectivity index (χ4n) is 2.75. The van der Waals surface area contributed by atoms with Gasteiger partial charge >= 0.3 is 6.09 Å². The Morgan fingerprint density at radius 2 is 1.97 bits per heavy atom. The molecule has 0 saturated heterocycles. The molecule has 0 atom stereocenters. The quantitative estimate of drug-likeness (QED) is 0.454. The number of nitrogens with zero attached hydrogens (tertiary/aromatic N) is 4. The van der Waals surface area contributed by atoms with Crippen LogP contribution < -0.4 is 15.4 Å². The largest absolute Gasteiger partial charge is 0.493 e. The van der Waals surface area contributed by atoms with E-state index in [4.69, 9.17) is 19.3 Å². The van der Waals surface area contributed by atoms with E-state index in [1.807, 2.05) is 51.1 Å². The molecule has 0 aliphatic rings. The first-order valence-electron chi connectivity index (χ1n) is 10.5. The number of carbonyl (C=O) groups excluding carboxylic acids is 1. The molecular weight excluding hydrogens is 424 g/mol. The van der Waals surface area contributed by atoms with Crippen LogP contribution in [0.5, 0.6) is 5.75 Å². The summed E-state index contributed by atoms with van der Waals surface area (Å²) in [6.07, 6.45) is 3.90. The number of carbonyl (C=O) groups is 1. The van der Waals surface area contributed by atoms with Gasteiger partial charge in [-0.05, 0) is 45.7 Å². The lowest BCUT2D eigenvalue weighted by molar-refractivity contribution is 0.0526. The second kappa shape index (κ2) is 10.9. The lowest BCUT2D eigenvalue weighted by atomic mass is 10.1. The maximum Gasteiger partial charge on any atom is 0.407 e. The smallest absolute Gasteiger partial charge is 0.407 e. The molecule has 2 heterocycles. The monoisotopic (exact) mass is 450 g/mol. The molecule has 1 amide bonds. The molecule has 0 aliphatic carbocycles. The first-order chi connectivity index (χ1) is 15.8. The second-order valence-corrected chi connectivity index (χ2v) is 8.08. The minimum Gasteiger partial charge on any atom is -0.493 e. The average Bonchev–Trinajstić information content (AvgIpc) is 3.24. The molecule has 2 aromatic heterocycles. The van der Waals surface area contributed by atoms with Crippen molar-refractivity contribution in [1.29, 1.82) is 5.26 Å². The summed E-state index contributed by atoms with van der Waals surface area (Å²) in [6, 6.07) is 11.1. The van der Waals surface area contributed by atoms with E-state index >= 15 is 0 Å². The molecule has 3 rings (SSSR count).